The van der Waals surface area contributed by atoms with E-state index in [1.165, 1.54) is 12.0 Å². The minimum atomic E-state index is 0.0644. The minimum Gasteiger partial charge on any atom is -0.497 e. The molecular weight excluding hydrogens is 376 g/mol. The van der Waals surface area contributed by atoms with Crippen LogP contribution in [0.3, 0.4) is 0 Å². The third kappa shape index (κ3) is 6.17. The smallest absolute Gasteiger partial charge is 0.224 e. The highest BCUT2D eigenvalue weighted by Gasteiger charge is 2.21. The van der Waals surface area contributed by atoms with Crippen molar-refractivity contribution in [2.75, 3.05) is 25.5 Å². The Bertz CT molecular complexity index is 894. The Kier molecular flexibility index (Phi) is 7.63. The van der Waals surface area contributed by atoms with Crippen molar-refractivity contribution in [1.29, 1.82) is 0 Å². The molecule has 0 aliphatic carbocycles. The molecule has 30 heavy (non-hydrogen) atoms. The first-order valence-electron chi connectivity index (χ1n) is 10.7. The number of aryl methyl sites for hydroxylation is 1. The lowest BCUT2D eigenvalue weighted by Crippen LogP contribution is -2.35. The second kappa shape index (κ2) is 10.4. The number of rotatable bonds is 8. The van der Waals surface area contributed by atoms with Crippen LogP contribution in [0.1, 0.15) is 54.1 Å². The van der Waals surface area contributed by atoms with Crippen LogP contribution in [-0.4, -0.2) is 36.8 Å². The first-order valence-corrected chi connectivity index (χ1v) is 10.7. The van der Waals surface area contributed by atoms with Crippen LogP contribution >= 0.6 is 0 Å². The molecule has 0 aromatic heterocycles. The topological polar surface area (TPSA) is 58.6 Å². The highest BCUT2D eigenvalue weighted by atomic mass is 16.5. The van der Waals surface area contributed by atoms with E-state index in [0.717, 1.165) is 55.0 Å². The van der Waals surface area contributed by atoms with Crippen LogP contribution in [0.4, 0.5) is 5.69 Å². The number of ketones is 1. The van der Waals surface area contributed by atoms with Gasteiger partial charge in [-0.1, -0.05) is 18.2 Å². The number of benzene rings is 2. The molecule has 1 aliphatic heterocycles. The lowest BCUT2D eigenvalue weighted by Gasteiger charge is -2.32. The molecule has 1 heterocycles. The average molecular weight is 409 g/mol. The number of piperidine rings is 1. The summed E-state index contributed by atoms with van der Waals surface area (Å²) in [5.41, 5.74) is 3.79. The fraction of sp³-hybridized carbons (Fsp3) is 0.440. The van der Waals surface area contributed by atoms with Crippen LogP contribution in [0.25, 0.3) is 0 Å². The molecule has 0 spiro atoms. The Balaban J connectivity index is 1.48. The summed E-state index contributed by atoms with van der Waals surface area (Å²) in [5.74, 6) is 1.49. The number of hydrogen-bond donors (Lipinski definition) is 1. The van der Waals surface area contributed by atoms with Crippen molar-refractivity contribution in [2.24, 2.45) is 5.92 Å². The molecule has 5 heteroatoms. The number of amides is 1. The van der Waals surface area contributed by atoms with E-state index in [-0.39, 0.29) is 11.7 Å². The fourth-order valence-electron chi connectivity index (χ4n) is 4.13. The molecule has 1 atom stereocenters. The highest BCUT2D eigenvalue weighted by Crippen LogP contribution is 2.24. The van der Waals surface area contributed by atoms with Gasteiger partial charge in [0.1, 0.15) is 5.75 Å². The molecule has 1 fully saturated rings. The number of ether oxygens (including phenoxy) is 1. The Morgan fingerprint density at radius 2 is 2.03 bits per heavy atom. The van der Waals surface area contributed by atoms with Crippen molar-refractivity contribution in [2.45, 2.75) is 46.1 Å². The summed E-state index contributed by atoms with van der Waals surface area (Å²) in [4.78, 5) is 26.5. The first kappa shape index (κ1) is 22.0. The number of carbonyl (C=O) groups is 2. The summed E-state index contributed by atoms with van der Waals surface area (Å²) in [5, 5.41) is 3.03. The first-order chi connectivity index (χ1) is 14.4. The zero-order valence-corrected chi connectivity index (χ0v) is 18.2. The Morgan fingerprint density at radius 3 is 2.77 bits per heavy atom. The molecule has 1 aliphatic rings. The molecule has 1 amide bonds. The maximum absolute atomic E-state index is 12.4. The number of Topliss-reactive ketones (excluding diaryl/α,β-unsaturated/α-hetero) is 1. The van der Waals surface area contributed by atoms with Crippen LogP contribution < -0.4 is 10.1 Å². The molecule has 0 unspecified atom stereocenters. The van der Waals surface area contributed by atoms with E-state index < -0.39 is 0 Å². The van der Waals surface area contributed by atoms with Gasteiger partial charge in [0.15, 0.2) is 5.78 Å². The SMILES string of the molecule is COc1ccc(NC(=O)CC[C@H]2CCCN(Cc3cccc(C(C)=O)c3)C2)c(C)c1. The van der Waals surface area contributed by atoms with Crippen molar-refractivity contribution in [3.8, 4) is 5.75 Å². The van der Waals surface area contributed by atoms with Gasteiger partial charge in [-0.05, 0) is 81.0 Å². The molecule has 1 N–H and O–H groups in total. The summed E-state index contributed by atoms with van der Waals surface area (Å²) in [6, 6.07) is 13.6. The largest absolute Gasteiger partial charge is 0.497 e. The Hall–Kier alpha value is -2.66. The molecule has 0 saturated carbocycles. The zero-order valence-electron chi connectivity index (χ0n) is 18.2. The molecular formula is C25H32N2O3. The van der Waals surface area contributed by atoms with Gasteiger partial charge in [-0.15, -0.1) is 0 Å². The van der Waals surface area contributed by atoms with E-state index >= 15 is 0 Å². The summed E-state index contributed by atoms with van der Waals surface area (Å²) < 4.78 is 5.22. The highest BCUT2D eigenvalue weighted by molar-refractivity contribution is 5.94. The Morgan fingerprint density at radius 1 is 1.20 bits per heavy atom. The van der Waals surface area contributed by atoms with E-state index in [2.05, 4.69) is 16.3 Å². The second-order valence-electron chi connectivity index (χ2n) is 8.27. The zero-order chi connectivity index (χ0) is 21.5. The summed E-state index contributed by atoms with van der Waals surface area (Å²) in [6.45, 7) is 6.50. The molecule has 0 bridgehead atoms. The summed E-state index contributed by atoms with van der Waals surface area (Å²) in [6.07, 6.45) is 3.74. The lowest BCUT2D eigenvalue weighted by molar-refractivity contribution is -0.116. The lowest BCUT2D eigenvalue weighted by atomic mass is 9.92. The normalized spacial score (nSPS) is 16.8. The quantitative estimate of drug-likeness (QED) is 0.635. The number of hydrogen-bond acceptors (Lipinski definition) is 4. The third-order valence-corrected chi connectivity index (χ3v) is 5.83. The second-order valence-corrected chi connectivity index (χ2v) is 8.27. The third-order valence-electron chi connectivity index (χ3n) is 5.83. The standard InChI is InChI=1S/C25H32N2O3/c1-18-14-23(30-3)10-11-24(18)26-25(29)12-9-20-7-5-13-27(16-20)17-21-6-4-8-22(15-21)19(2)28/h4,6,8,10-11,14-15,20H,5,7,9,12-13,16-17H2,1-3H3,(H,26,29)/t20-/m1/s1. The van der Waals surface area contributed by atoms with Crippen LogP contribution in [-0.2, 0) is 11.3 Å². The maximum Gasteiger partial charge on any atom is 0.224 e. The number of nitrogens with zero attached hydrogens (tertiary/aromatic N) is 1. The van der Waals surface area contributed by atoms with Gasteiger partial charge in [-0.25, -0.2) is 0 Å². The Labute approximate surface area is 179 Å². The van der Waals surface area contributed by atoms with Gasteiger partial charge in [0.05, 0.1) is 7.11 Å². The minimum absolute atomic E-state index is 0.0644. The van der Waals surface area contributed by atoms with Crippen molar-refractivity contribution in [3.05, 3.63) is 59.2 Å². The van der Waals surface area contributed by atoms with Crippen molar-refractivity contribution < 1.29 is 14.3 Å². The summed E-state index contributed by atoms with van der Waals surface area (Å²) >= 11 is 0. The average Bonchev–Trinajstić information content (AvgIpc) is 2.74. The van der Waals surface area contributed by atoms with Crippen molar-refractivity contribution in [1.82, 2.24) is 4.90 Å². The van der Waals surface area contributed by atoms with Crippen LogP contribution in [0.2, 0.25) is 0 Å². The van der Waals surface area contributed by atoms with E-state index in [1.807, 2.05) is 43.3 Å². The molecule has 5 nitrogen and oxygen atoms in total. The van der Waals surface area contributed by atoms with E-state index in [4.69, 9.17) is 4.74 Å². The van der Waals surface area contributed by atoms with Gasteiger partial charge >= 0.3 is 0 Å². The van der Waals surface area contributed by atoms with E-state index in [9.17, 15) is 9.59 Å². The number of likely N-dealkylation sites (tertiary alicyclic amines) is 1. The number of methoxy groups -OCH3 is 1. The summed E-state index contributed by atoms with van der Waals surface area (Å²) in [7, 11) is 1.64. The van der Waals surface area contributed by atoms with Crippen LogP contribution in [0.5, 0.6) is 5.75 Å². The molecule has 0 radical (unpaired) electrons. The molecule has 2 aromatic rings. The number of carbonyl (C=O) groups excluding carboxylic acids is 2. The van der Waals surface area contributed by atoms with Crippen molar-refractivity contribution in [3.63, 3.8) is 0 Å². The fourth-order valence-corrected chi connectivity index (χ4v) is 4.13. The predicted molar refractivity (Wildman–Crippen MR) is 120 cm³/mol. The van der Waals surface area contributed by atoms with Gasteiger partial charge in [-0.3, -0.25) is 14.5 Å². The van der Waals surface area contributed by atoms with Crippen molar-refractivity contribution >= 4 is 17.4 Å². The molecule has 160 valence electrons. The van der Waals surface area contributed by atoms with Crippen LogP contribution in [0, 0.1) is 12.8 Å². The monoisotopic (exact) mass is 408 g/mol. The molecule has 2 aromatic carbocycles. The van der Waals surface area contributed by atoms with Gasteiger partial charge in [-0.2, -0.15) is 0 Å². The maximum atomic E-state index is 12.4. The number of anilines is 1. The van der Waals surface area contributed by atoms with Gasteiger partial charge in [0, 0.05) is 30.8 Å². The van der Waals surface area contributed by atoms with Crippen LogP contribution in [0.15, 0.2) is 42.5 Å². The predicted octanol–water partition coefficient (Wildman–Crippen LogP) is 4.84. The van der Waals surface area contributed by atoms with E-state index in [0.29, 0.717) is 12.3 Å². The van der Waals surface area contributed by atoms with Gasteiger partial charge in [0.2, 0.25) is 5.91 Å². The molecule has 1 saturated heterocycles. The van der Waals surface area contributed by atoms with Gasteiger partial charge in [0.25, 0.3) is 0 Å². The number of nitrogens with one attached hydrogen (secondary N) is 1. The van der Waals surface area contributed by atoms with Gasteiger partial charge < -0.3 is 10.1 Å². The molecule has 3 rings (SSSR count). The van der Waals surface area contributed by atoms with E-state index in [1.54, 1.807) is 14.0 Å².